The van der Waals surface area contributed by atoms with Gasteiger partial charge in [0.15, 0.2) is 5.43 Å². The molecule has 2 aromatic carbocycles. The Bertz CT molecular complexity index is 1510. The number of hydrogen-bond donors (Lipinski definition) is 2. The van der Waals surface area contributed by atoms with Gasteiger partial charge in [-0.05, 0) is 74.4 Å². The molecule has 0 spiro atoms. The van der Waals surface area contributed by atoms with Gasteiger partial charge in [-0.3, -0.25) is 14.4 Å². The average Bonchev–Trinajstić information content (AvgIpc) is 3.17. The SMILES string of the molecule is Cc1cc(C)c2oc(-c3ccc(C(=O)Nc4sc5c(c4C(N)=O)CCCC5)cc3)cc(=O)c2c1. The summed E-state index contributed by atoms with van der Waals surface area (Å²) in [5.41, 5.74) is 10.5. The summed E-state index contributed by atoms with van der Waals surface area (Å²) in [6, 6.07) is 12.1. The summed E-state index contributed by atoms with van der Waals surface area (Å²) in [4.78, 5) is 38.8. The maximum atomic E-state index is 12.9. The minimum atomic E-state index is -0.512. The van der Waals surface area contributed by atoms with Crippen LogP contribution in [0.15, 0.2) is 51.7 Å². The minimum Gasteiger partial charge on any atom is -0.456 e. The number of carbonyl (C=O) groups excluding carboxylic acids is 2. The van der Waals surface area contributed by atoms with Gasteiger partial charge in [0.1, 0.15) is 16.3 Å². The van der Waals surface area contributed by atoms with Gasteiger partial charge in [0.2, 0.25) is 0 Å². The Morgan fingerprint density at radius 1 is 1.03 bits per heavy atom. The summed E-state index contributed by atoms with van der Waals surface area (Å²) in [6.45, 7) is 3.86. The van der Waals surface area contributed by atoms with E-state index >= 15 is 0 Å². The molecule has 2 amide bonds. The molecule has 0 fully saturated rings. The first kappa shape index (κ1) is 22.1. The van der Waals surface area contributed by atoms with Crippen LogP contribution in [0, 0.1) is 13.8 Å². The Hall–Kier alpha value is -3.71. The highest BCUT2D eigenvalue weighted by atomic mass is 32.1. The number of anilines is 1. The van der Waals surface area contributed by atoms with Gasteiger partial charge in [-0.25, -0.2) is 0 Å². The van der Waals surface area contributed by atoms with Gasteiger partial charge in [-0.1, -0.05) is 18.2 Å². The first-order valence-electron chi connectivity index (χ1n) is 11.2. The van der Waals surface area contributed by atoms with Crippen molar-refractivity contribution in [1.82, 2.24) is 0 Å². The van der Waals surface area contributed by atoms with E-state index in [2.05, 4.69) is 5.32 Å². The number of hydrogen-bond acceptors (Lipinski definition) is 5. The highest BCUT2D eigenvalue weighted by molar-refractivity contribution is 7.17. The van der Waals surface area contributed by atoms with E-state index in [4.69, 9.17) is 10.2 Å². The normalized spacial score (nSPS) is 13.0. The number of nitrogens with one attached hydrogen (secondary N) is 1. The van der Waals surface area contributed by atoms with Gasteiger partial charge in [0.05, 0.1) is 10.9 Å². The maximum Gasteiger partial charge on any atom is 0.256 e. The van der Waals surface area contributed by atoms with E-state index in [0.29, 0.717) is 38.4 Å². The van der Waals surface area contributed by atoms with Gasteiger partial charge < -0.3 is 15.5 Å². The van der Waals surface area contributed by atoms with Crippen LogP contribution in [-0.2, 0) is 12.8 Å². The third-order valence-electron chi connectivity index (χ3n) is 6.24. The number of carbonyl (C=O) groups is 2. The predicted octanol–water partition coefficient (Wildman–Crippen LogP) is 5.37. The average molecular weight is 473 g/mol. The van der Waals surface area contributed by atoms with Crippen LogP contribution in [0.4, 0.5) is 5.00 Å². The molecule has 2 heterocycles. The molecule has 0 radical (unpaired) electrons. The fraction of sp³-hybridized carbons (Fsp3) is 0.222. The monoisotopic (exact) mass is 472 g/mol. The highest BCUT2D eigenvalue weighted by Gasteiger charge is 2.25. The number of nitrogens with two attached hydrogens (primary N) is 1. The lowest BCUT2D eigenvalue weighted by Gasteiger charge is -2.11. The van der Waals surface area contributed by atoms with Crippen molar-refractivity contribution in [1.29, 1.82) is 0 Å². The molecule has 0 unspecified atom stereocenters. The zero-order chi connectivity index (χ0) is 24.0. The smallest absolute Gasteiger partial charge is 0.256 e. The molecule has 3 N–H and O–H groups in total. The number of amides is 2. The Morgan fingerprint density at radius 3 is 2.50 bits per heavy atom. The molecule has 0 aliphatic heterocycles. The number of fused-ring (bicyclic) bond motifs is 2. The van der Waals surface area contributed by atoms with E-state index in [9.17, 15) is 14.4 Å². The van der Waals surface area contributed by atoms with Crippen molar-refractivity contribution in [2.75, 3.05) is 5.32 Å². The van der Waals surface area contributed by atoms with E-state index < -0.39 is 5.91 Å². The molecule has 5 rings (SSSR count). The first-order chi connectivity index (χ1) is 16.3. The summed E-state index contributed by atoms with van der Waals surface area (Å²) >= 11 is 1.44. The minimum absolute atomic E-state index is 0.106. The lowest BCUT2D eigenvalue weighted by Crippen LogP contribution is -2.18. The molecule has 0 atom stereocenters. The molecule has 34 heavy (non-hydrogen) atoms. The first-order valence-corrected chi connectivity index (χ1v) is 12.0. The zero-order valence-electron chi connectivity index (χ0n) is 19.0. The fourth-order valence-corrected chi connectivity index (χ4v) is 5.92. The molecule has 172 valence electrons. The van der Waals surface area contributed by atoms with Crippen molar-refractivity contribution < 1.29 is 14.0 Å². The van der Waals surface area contributed by atoms with Crippen LogP contribution < -0.4 is 16.5 Å². The number of rotatable bonds is 4. The Labute approximate surface area is 200 Å². The molecule has 1 aliphatic rings. The van der Waals surface area contributed by atoms with Crippen molar-refractivity contribution >= 4 is 39.1 Å². The fourth-order valence-electron chi connectivity index (χ4n) is 4.63. The largest absolute Gasteiger partial charge is 0.456 e. The molecular weight excluding hydrogens is 448 g/mol. The van der Waals surface area contributed by atoms with Gasteiger partial charge >= 0.3 is 0 Å². The second-order valence-corrected chi connectivity index (χ2v) is 9.85. The molecule has 1 aliphatic carbocycles. The Morgan fingerprint density at radius 2 is 1.76 bits per heavy atom. The Kier molecular flexibility index (Phi) is 5.57. The summed E-state index contributed by atoms with van der Waals surface area (Å²) in [5.74, 6) is -0.390. The number of primary amides is 1. The number of benzene rings is 2. The van der Waals surface area contributed by atoms with E-state index in [1.807, 2.05) is 26.0 Å². The third kappa shape index (κ3) is 3.92. The zero-order valence-corrected chi connectivity index (χ0v) is 19.8. The number of thiophene rings is 1. The van der Waals surface area contributed by atoms with Crippen molar-refractivity contribution in [3.05, 3.63) is 85.4 Å². The van der Waals surface area contributed by atoms with Crippen LogP contribution in [0.3, 0.4) is 0 Å². The van der Waals surface area contributed by atoms with Crippen molar-refractivity contribution in [3.63, 3.8) is 0 Å². The third-order valence-corrected chi connectivity index (χ3v) is 7.44. The van der Waals surface area contributed by atoms with Crippen molar-refractivity contribution in [2.45, 2.75) is 39.5 Å². The van der Waals surface area contributed by atoms with Crippen LogP contribution in [0.5, 0.6) is 0 Å². The summed E-state index contributed by atoms with van der Waals surface area (Å²) < 4.78 is 6.05. The Balaban J connectivity index is 1.43. The maximum absolute atomic E-state index is 12.9. The second kappa shape index (κ2) is 8.57. The highest BCUT2D eigenvalue weighted by Crippen LogP contribution is 2.38. The van der Waals surface area contributed by atoms with E-state index in [1.165, 1.54) is 17.4 Å². The van der Waals surface area contributed by atoms with Gasteiger partial charge in [0.25, 0.3) is 11.8 Å². The summed E-state index contributed by atoms with van der Waals surface area (Å²) in [5, 5.41) is 3.95. The van der Waals surface area contributed by atoms with Crippen LogP contribution >= 0.6 is 11.3 Å². The molecule has 0 bridgehead atoms. The van der Waals surface area contributed by atoms with Crippen molar-refractivity contribution in [2.24, 2.45) is 5.73 Å². The van der Waals surface area contributed by atoms with Crippen LogP contribution in [-0.4, -0.2) is 11.8 Å². The van der Waals surface area contributed by atoms with E-state index in [0.717, 1.165) is 47.3 Å². The lowest BCUT2D eigenvalue weighted by atomic mass is 9.95. The molecule has 2 aromatic heterocycles. The predicted molar refractivity (Wildman–Crippen MR) is 135 cm³/mol. The van der Waals surface area contributed by atoms with E-state index in [1.54, 1.807) is 24.3 Å². The van der Waals surface area contributed by atoms with E-state index in [-0.39, 0.29) is 11.3 Å². The van der Waals surface area contributed by atoms with Crippen molar-refractivity contribution in [3.8, 4) is 11.3 Å². The van der Waals surface area contributed by atoms with Gasteiger partial charge in [-0.15, -0.1) is 11.3 Å². The second-order valence-electron chi connectivity index (χ2n) is 8.74. The van der Waals surface area contributed by atoms with Gasteiger partial charge in [-0.2, -0.15) is 0 Å². The van der Waals surface area contributed by atoms with Crippen LogP contribution in [0.2, 0.25) is 0 Å². The topological polar surface area (TPSA) is 102 Å². The molecular formula is C27H24N2O4S. The molecule has 6 nitrogen and oxygen atoms in total. The molecule has 4 aromatic rings. The molecule has 7 heteroatoms. The summed E-state index contributed by atoms with van der Waals surface area (Å²) in [6.07, 6.45) is 3.80. The van der Waals surface area contributed by atoms with Gasteiger partial charge in [0, 0.05) is 22.1 Å². The quantitative estimate of drug-likeness (QED) is 0.417. The standard InChI is InChI=1S/C27H24N2O4S/c1-14-11-15(2)24-19(12-14)20(30)13-21(33-24)16-7-9-17(10-8-16)26(32)29-27-23(25(28)31)18-5-3-4-6-22(18)34-27/h7-13H,3-6H2,1-2H3,(H2,28,31)(H,29,32). The van der Waals surface area contributed by atoms with Crippen LogP contribution in [0.1, 0.15) is 55.1 Å². The number of aryl methyl sites for hydroxylation is 3. The molecule has 0 saturated heterocycles. The summed E-state index contributed by atoms with van der Waals surface area (Å²) in [7, 11) is 0. The van der Waals surface area contributed by atoms with Crippen LogP contribution in [0.25, 0.3) is 22.3 Å². The molecule has 0 saturated carbocycles. The lowest BCUT2D eigenvalue weighted by molar-refractivity contribution is 0.100.